The van der Waals surface area contributed by atoms with E-state index in [1.54, 1.807) is 0 Å². The highest BCUT2D eigenvalue weighted by Gasteiger charge is 2.17. The maximum absolute atomic E-state index is 11.7. The number of carbonyl (C=O) groups excluding carboxylic acids is 2. The second-order valence-electron chi connectivity index (χ2n) is 5.39. The summed E-state index contributed by atoms with van der Waals surface area (Å²) in [5.41, 5.74) is 0. The number of rotatable bonds is 7. The summed E-state index contributed by atoms with van der Waals surface area (Å²) in [5.74, 6) is -0.0357. The second kappa shape index (κ2) is 7.76. The number of hydrogen-bond donors (Lipinski definition) is 3. The highest BCUT2D eigenvalue weighted by molar-refractivity contribution is 7.80. The van der Waals surface area contributed by atoms with E-state index in [1.807, 2.05) is 0 Å². The molecule has 2 amide bonds. The molecule has 0 saturated carbocycles. The first-order valence-corrected chi connectivity index (χ1v) is 10.3. The molecular formula is C11H24N2O2SSi. The van der Waals surface area contributed by atoms with E-state index < -0.39 is 14.1 Å². The van der Waals surface area contributed by atoms with Crippen LogP contribution in [0.25, 0.3) is 0 Å². The van der Waals surface area contributed by atoms with Gasteiger partial charge in [-0.05, 0) is 6.42 Å². The van der Waals surface area contributed by atoms with Gasteiger partial charge in [0, 0.05) is 27.3 Å². The van der Waals surface area contributed by atoms with Crippen LogP contribution in [0.4, 0.5) is 0 Å². The number of nitrogens with one attached hydrogen (secondary N) is 2. The van der Waals surface area contributed by atoms with Crippen molar-refractivity contribution in [2.75, 3.05) is 12.3 Å². The Bertz CT molecular complexity index is 267. The smallest absolute Gasteiger partial charge is 0.243 e. The molecule has 0 bridgehead atoms. The number of hydrogen-bond acceptors (Lipinski definition) is 3. The molecular weight excluding hydrogens is 252 g/mol. The maximum atomic E-state index is 11.7. The highest BCUT2D eigenvalue weighted by Crippen LogP contribution is 2.09. The number of thiol groups is 1. The van der Waals surface area contributed by atoms with E-state index in [2.05, 4.69) is 42.9 Å². The summed E-state index contributed by atoms with van der Waals surface area (Å²) in [6.45, 7) is 9.00. The van der Waals surface area contributed by atoms with Crippen molar-refractivity contribution in [3.63, 3.8) is 0 Å². The lowest BCUT2D eigenvalue weighted by Crippen LogP contribution is -2.47. The summed E-state index contributed by atoms with van der Waals surface area (Å²) in [4.78, 5) is 22.5. The van der Waals surface area contributed by atoms with E-state index in [9.17, 15) is 9.59 Å². The SMILES string of the molecule is CC(=O)N[C@@H](CS)C(=O)NCCC[Si](C)(C)C. The van der Waals surface area contributed by atoms with Crippen molar-refractivity contribution in [1.82, 2.24) is 10.6 Å². The zero-order valence-corrected chi connectivity index (χ0v) is 13.1. The monoisotopic (exact) mass is 276 g/mol. The molecule has 6 heteroatoms. The molecule has 0 spiro atoms. The van der Waals surface area contributed by atoms with Gasteiger partial charge in [0.15, 0.2) is 0 Å². The van der Waals surface area contributed by atoms with Gasteiger partial charge in [0.25, 0.3) is 0 Å². The van der Waals surface area contributed by atoms with Gasteiger partial charge in [-0.1, -0.05) is 25.7 Å². The van der Waals surface area contributed by atoms with Gasteiger partial charge < -0.3 is 10.6 Å². The van der Waals surface area contributed by atoms with Gasteiger partial charge in [0.2, 0.25) is 11.8 Å². The lowest BCUT2D eigenvalue weighted by atomic mass is 10.3. The van der Waals surface area contributed by atoms with Gasteiger partial charge in [-0.2, -0.15) is 12.6 Å². The first-order valence-electron chi connectivity index (χ1n) is 5.92. The van der Waals surface area contributed by atoms with Crippen molar-refractivity contribution in [2.24, 2.45) is 0 Å². The first kappa shape index (κ1) is 16.5. The molecule has 0 aliphatic rings. The summed E-state index contributed by atoms with van der Waals surface area (Å²) in [5, 5.41) is 5.40. The predicted octanol–water partition coefficient (Wildman–Crippen LogP) is 1.27. The Kier molecular flexibility index (Phi) is 7.54. The van der Waals surface area contributed by atoms with Crippen LogP contribution in [0.15, 0.2) is 0 Å². The van der Waals surface area contributed by atoms with Crippen LogP contribution in [0.3, 0.4) is 0 Å². The standard InChI is InChI=1S/C11H24N2O2SSi/c1-9(14)13-10(8-16)11(15)12-6-5-7-17(2,3)4/h10,16H,5-8H2,1-4H3,(H,12,15)(H,13,14)/t10-/m0/s1. The molecule has 0 heterocycles. The van der Waals surface area contributed by atoms with Gasteiger partial charge in [-0.3, -0.25) is 9.59 Å². The van der Waals surface area contributed by atoms with Crippen LogP contribution in [0.5, 0.6) is 0 Å². The van der Waals surface area contributed by atoms with E-state index >= 15 is 0 Å². The molecule has 4 nitrogen and oxygen atoms in total. The van der Waals surface area contributed by atoms with Crippen molar-refractivity contribution >= 4 is 32.5 Å². The zero-order chi connectivity index (χ0) is 13.5. The van der Waals surface area contributed by atoms with Crippen molar-refractivity contribution in [3.05, 3.63) is 0 Å². The average molecular weight is 276 g/mol. The van der Waals surface area contributed by atoms with E-state index in [1.165, 1.54) is 13.0 Å². The van der Waals surface area contributed by atoms with E-state index in [0.29, 0.717) is 12.3 Å². The molecule has 17 heavy (non-hydrogen) atoms. The Balaban J connectivity index is 3.87. The topological polar surface area (TPSA) is 58.2 Å². The fourth-order valence-corrected chi connectivity index (χ4v) is 2.89. The Hall–Kier alpha value is -0.493. The van der Waals surface area contributed by atoms with Crippen molar-refractivity contribution in [2.45, 2.75) is 45.1 Å². The maximum Gasteiger partial charge on any atom is 0.243 e. The summed E-state index contributed by atoms with van der Waals surface area (Å²) < 4.78 is 0. The fraction of sp³-hybridized carbons (Fsp3) is 0.818. The lowest BCUT2D eigenvalue weighted by molar-refractivity contribution is -0.127. The third kappa shape index (κ3) is 9.23. The van der Waals surface area contributed by atoms with Crippen LogP contribution in [0.1, 0.15) is 13.3 Å². The Morgan fingerprint density at radius 1 is 1.29 bits per heavy atom. The summed E-state index contributed by atoms with van der Waals surface area (Å²) in [6, 6.07) is 0.668. The molecule has 0 fully saturated rings. The van der Waals surface area contributed by atoms with Gasteiger partial charge in [-0.25, -0.2) is 0 Å². The van der Waals surface area contributed by atoms with Crippen LogP contribution in [0, 0.1) is 0 Å². The quantitative estimate of drug-likeness (QED) is 0.372. The Labute approximate surface area is 110 Å². The molecule has 0 aromatic rings. The Morgan fingerprint density at radius 3 is 2.29 bits per heavy atom. The van der Waals surface area contributed by atoms with Crippen LogP contribution in [-0.4, -0.2) is 38.2 Å². The summed E-state index contributed by atoms with van der Waals surface area (Å²) in [6.07, 6.45) is 1.00. The fourth-order valence-electron chi connectivity index (χ4n) is 1.39. The summed E-state index contributed by atoms with van der Waals surface area (Å²) in [7, 11) is -1.03. The molecule has 0 aliphatic heterocycles. The van der Waals surface area contributed by atoms with Gasteiger partial charge >= 0.3 is 0 Å². The molecule has 100 valence electrons. The van der Waals surface area contributed by atoms with Gasteiger partial charge in [0.1, 0.15) is 6.04 Å². The largest absolute Gasteiger partial charge is 0.354 e. The third-order valence-electron chi connectivity index (χ3n) is 2.28. The minimum Gasteiger partial charge on any atom is -0.354 e. The molecule has 2 N–H and O–H groups in total. The molecule has 0 unspecified atom stereocenters. The van der Waals surface area contributed by atoms with Crippen LogP contribution in [-0.2, 0) is 9.59 Å². The highest BCUT2D eigenvalue weighted by atomic mass is 32.1. The van der Waals surface area contributed by atoms with E-state index in [4.69, 9.17) is 0 Å². The molecule has 0 aromatic carbocycles. The minimum atomic E-state index is -1.03. The van der Waals surface area contributed by atoms with Crippen LogP contribution in [0.2, 0.25) is 25.7 Å². The molecule has 0 saturated heterocycles. The predicted molar refractivity (Wildman–Crippen MR) is 77.2 cm³/mol. The lowest BCUT2D eigenvalue weighted by Gasteiger charge is -2.17. The molecule has 0 radical (unpaired) electrons. The van der Waals surface area contributed by atoms with E-state index in [-0.39, 0.29) is 11.8 Å². The average Bonchev–Trinajstić information content (AvgIpc) is 2.19. The molecule has 0 aromatic heterocycles. The molecule has 0 rings (SSSR count). The van der Waals surface area contributed by atoms with Gasteiger partial charge in [-0.15, -0.1) is 0 Å². The number of carbonyl (C=O) groups is 2. The van der Waals surface area contributed by atoms with Crippen LogP contribution < -0.4 is 10.6 Å². The summed E-state index contributed by atoms with van der Waals surface area (Å²) >= 11 is 4.05. The van der Waals surface area contributed by atoms with E-state index in [0.717, 1.165) is 6.42 Å². The third-order valence-corrected chi connectivity index (χ3v) is 4.50. The molecule has 0 aliphatic carbocycles. The second-order valence-corrected chi connectivity index (χ2v) is 11.4. The first-order chi connectivity index (χ1) is 7.76. The minimum absolute atomic E-state index is 0.147. The van der Waals surface area contributed by atoms with Crippen molar-refractivity contribution < 1.29 is 9.59 Å². The van der Waals surface area contributed by atoms with Crippen LogP contribution >= 0.6 is 12.6 Å². The van der Waals surface area contributed by atoms with Crippen molar-refractivity contribution in [3.8, 4) is 0 Å². The normalized spacial score (nSPS) is 13.0. The number of amides is 2. The zero-order valence-electron chi connectivity index (χ0n) is 11.2. The Morgan fingerprint density at radius 2 is 1.88 bits per heavy atom. The van der Waals surface area contributed by atoms with Gasteiger partial charge in [0.05, 0.1) is 0 Å². The molecule has 1 atom stereocenters. The van der Waals surface area contributed by atoms with Crippen molar-refractivity contribution in [1.29, 1.82) is 0 Å².